The summed E-state index contributed by atoms with van der Waals surface area (Å²) in [7, 11) is 8.39. The zero-order valence-electron chi connectivity index (χ0n) is 35.2. The smallest absolute Gasteiger partial charge is 0.0620 e. The van der Waals surface area contributed by atoms with Gasteiger partial charge < -0.3 is 19.6 Å². The van der Waals surface area contributed by atoms with Crippen LogP contribution in [0.15, 0.2) is 140 Å². The Balaban J connectivity index is 1.61. The van der Waals surface area contributed by atoms with Crippen molar-refractivity contribution in [1.29, 1.82) is 0 Å². The van der Waals surface area contributed by atoms with Crippen molar-refractivity contribution in [3.63, 3.8) is 0 Å². The van der Waals surface area contributed by atoms with Crippen LogP contribution in [0.25, 0.3) is 21.5 Å². The average molecular weight is 739 g/mol. The van der Waals surface area contributed by atoms with E-state index in [4.69, 9.17) is 0 Å². The van der Waals surface area contributed by atoms with Crippen molar-refractivity contribution >= 4 is 67.0 Å². The fourth-order valence-electron chi connectivity index (χ4n) is 7.71. The van der Waals surface area contributed by atoms with Crippen LogP contribution in [0.2, 0.25) is 0 Å². The quantitative estimate of drug-likeness (QED) is 0.102. The Morgan fingerprint density at radius 3 is 1.04 bits per heavy atom. The fourth-order valence-corrected chi connectivity index (χ4v) is 7.71. The number of nitrogens with zero attached hydrogens (tertiary/aromatic N) is 4. The van der Waals surface area contributed by atoms with Gasteiger partial charge in [-0.25, -0.2) is 0 Å². The van der Waals surface area contributed by atoms with Crippen LogP contribution in [0, 0.1) is 0 Å². The van der Waals surface area contributed by atoms with E-state index in [1.807, 2.05) is 0 Å². The topological polar surface area (TPSA) is 13.0 Å². The van der Waals surface area contributed by atoms with E-state index in [9.17, 15) is 0 Å². The predicted molar refractivity (Wildman–Crippen MR) is 246 cm³/mol. The predicted octanol–water partition coefficient (Wildman–Crippen LogP) is 14.6. The van der Waals surface area contributed by atoms with E-state index < -0.39 is 0 Å². The molecule has 0 aliphatic carbocycles. The van der Waals surface area contributed by atoms with Crippen LogP contribution < -0.4 is 19.6 Å². The Labute approximate surface area is 335 Å². The monoisotopic (exact) mass is 738 g/mol. The average Bonchev–Trinajstić information content (AvgIpc) is 3.19. The van der Waals surface area contributed by atoms with Gasteiger partial charge in [0, 0.05) is 83.9 Å². The molecule has 0 bridgehead atoms. The molecule has 7 aromatic rings. The summed E-state index contributed by atoms with van der Waals surface area (Å²) in [6.45, 7) is 16.0. The van der Waals surface area contributed by atoms with Crippen LogP contribution in [-0.2, 0) is 5.41 Å². The summed E-state index contributed by atoms with van der Waals surface area (Å²) in [4.78, 5) is 9.28. The second-order valence-electron chi connectivity index (χ2n) is 17.2. The molecular formula is C52H58N4. The largest absolute Gasteiger partial charge is 0.378 e. The normalized spacial score (nSPS) is 11.8. The van der Waals surface area contributed by atoms with E-state index in [1.165, 1.54) is 61.0 Å². The second kappa shape index (κ2) is 15.4. The van der Waals surface area contributed by atoms with E-state index in [-0.39, 0.29) is 5.41 Å². The third-order valence-electron chi connectivity index (χ3n) is 11.2. The van der Waals surface area contributed by atoms with Gasteiger partial charge in [-0.15, -0.1) is 0 Å². The van der Waals surface area contributed by atoms with E-state index in [2.05, 4.69) is 236 Å². The second-order valence-corrected chi connectivity index (χ2v) is 17.2. The first-order valence-electron chi connectivity index (χ1n) is 20.1. The molecule has 0 saturated carbocycles. The van der Waals surface area contributed by atoms with Crippen LogP contribution >= 0.6 is 0 Å². The molecule has 0 N–H and O–H groups in total. The van der Waals surface area contributed by atoms with Crippen LogP contribution in [0.5, 0.6) is 0 Å². The van der Waals surface area contributed by atoms with Gasteiger partial charge in [0.2, 0.25) is 0 Å². The van der Waals surface area contributed by atoms with Crippen LogP contribution in [-0.4, -0.2) is 28.2 Å². The Morgan fingerprint density at radius 1 is 0.375 bits per heavy atom. The lowest BCUT2D eigenvalue weighted by Crippen LogP contribution is -2.16. The maximum atomic E-state index is 2.48. The van der Waals surface area contributed by atoms with Gasteiger partial charge in [-0.05, 0) is 113 Å². The van der Waals surface area contributed by atoms with Crippen molar-refractivity contribution in [2.24, 2.45) is 0 Å². The van der Waals surface area contributed by atoms with Crippen molar-refractivity contribution in [2.75, 3.05) is 47.8 Å². The number of anilines is 8. The van der Waals surface area contributed by atoms with Crippen molar-refractivity contribution in [2.45, 2.75) is 65.7 Å². The van der Waals surface area contributed by atoms with Crippen molar-refractivity contribution < 1.29 is 0 Å². The van der Waals surface area contributed by atoms with Gasteiger partial charge >= 0.3 is 0 Å². The molecule has 7 aromatic carbocycles. The van der Waals surface area contributed by atoms with Crippen LogP contribution in [0.1, 0.15) is 77.0 Å². The summed E-state index contributed by atoms with van der Waals surface area (Å²) in [6.07, 6.45) is 0. The van der Waals surface area contributed by atoms with E-state index in [0.717, 1.165) is 22.7 Å². The molecule has 4 nitrogen and oxygen atoms in total. The number of hydrogen-bond acceptors (Lipinski definition) is 4. The van der Waals surface area contributed by atoms with Crippen molar-refractivity contribution in [3.8, 4) is 0 Å². The highest BCUT2D eigenvalue weighted by Gasteiger charge is 2.27. The van der Waals surface area contributed by atoms with Crippen molar-refractivity contribution in [3.05, 3.63) is 156 Å². The molecule has 56 heavy (non-hydrogen) atoms. The summed E-state index contributed by atoms with van der Waals surface area (Å²) < 4.78 is 0. The lowest BCUT2D eigenvalue weighted by molar-refractivity contribution is 0.591. The van der Waals surface area contributed by atoms with E-state index in [0.29, 0.717) is 11.8 Å². The molecule has 0 amide bonds. The minimum Gasteiger partial charge on any atom is -0.378 e. The first kappa shape index (κ1) is 38.5. The highest BCUT2D eigenvalue weighted by molar-refractivity contribution is 6.23. The molecule has 0 saturated heterocycles. The minimum atomic E-state index is -0.0528. The van der Waals surface area contributed by atoms with Crippen molar-refractivity contribution in [1.82, 2.24) is 0 Å². The molecule has 0 spiro atoms. The molecule has 0 aliphatic heterocycles. The Morgan fingerprint density at radius 2 is 0.696 bits per heavy atom. The number of fused-ring (bicyclic) bond motifs is 2. The van der Waals surface area contributed by atoms with Gasteiger partial charge in [0.1, 0.15) is 0 Å². The molecule has 0 radical (unpaired) electrons. The molecule has 0 unspecified atom stereocenters. The third-order valence-corrected chi connectivity index (χ3v) is 11.2. The zero-order chi connectivity index (χ0) is 39.9. The summed E-state index contributed by atoms with van der Waals surface area (Å²) in [6, 6.07) is 52.5. The zero-order valence-corrected chi connectivity index (χ0v) is 35.2. The summed E-state index contributed by atoms with van der Waals surface area (Å²) in [5.74, 6) is 0.889. The van der Waals surface area contributed by atoms with Gasteiger partial charge in [-0.2, -0.15) is 0 Å². The first-order valence-corrected chi connectivity index (χ1v) is 20.1. The number of rotatable bonds is 10. The molecule has 0 aliphatic rings. The first-order chi connectivity index (χ1) is 26.7. The standard InChI is InChI=1S/C52H58N4/c1-35(2)37-16-21-42(22-17-37)55(44-29-25-40(26-30-44)53(8)9)50-46-14-12-13-15-47(46)51(49-34-39(52(5,6)7)20-33-48(49)50)56(43-23-18-38(19-24-43)36(3)4)45-31-27-41(28-32-45)54(10)11/h12-36H,1-11H3. The van der Waals surface area contributed by atoms with Gasteiger partial charge in [0.25, 0.3) is 0 Å². The van der Waals surface area contributed by atoms with Gasteiger partial charge in [0.05, 0.1) is 11.4 Å². The maximum Gasteiger partial charge on any atom is 0.0620 e. The summed E-state index contributed by atoms with van der Waals surface area (Å²) in [5.41, 5.74) is 13.1. The summed E-state index contributed by atoms with van der Waals surface area (Å²) >= 11 is 0. The summed E-state index contributed by atoms with van der Waals surface area (Å²) in [5, 5.41) is 4.80. The molecule has 0 aromatic heterocycles. The molecular weight excluding hydrogens is 681 g/mol. The lowest BCUT2D eigenvalue weighted by atomic mass is 9.84. The Hall–Kier alpha value is -5.74. The highest BCUT2D eigenvalue weighted by atomic mass is 15.2. The number of benzene rings is 7. The minimum absolute atomic E-state index is 0.0528. The SMILES string of the molecule is CC(C)c1ccc(N(c2ccc(N(C)C)cc2)c2c3ccccc3c(N(c3ccc(C(C)C)cc3)c3ccc(N(C)C)cc3)c3cc(C(C)(C)C)ccc23)cc1. The molecule has 7 rings (SSSR count). The van der Waals surface area contributed by atoms with E-state index >= 15 is 0 Å². The van der Waals surface area contributed by atoms with Gasteiger partial charge in [-0.1, -0.05) is 109 Å². The van der Waals surface area contributed by atoms with Gasteiger partial charge in [0.15, 0.2) is 0 Å². The van der Waals surface area contributed by atoms with Gasteiger partial charge in [-0.3, -0.25) is 0 Å². The van der Waals surface area contributed by atoms with E-state index in [1.54, 1.807) is 0 Å². The molecule has 0 heterocycles. The van der Waals surface area contributed by atoms with Crippen LogP contribution in [0.3, 0.4) is 0 Å². The molecule has 4 heteroatoms. The lowest BCUT2D eigenvalue weighted by Gasteiger charge is -2.34. The maximum absolute atomic E-state index is 2.48. The third kappa shape index (κ3) is 7.45. The Kier molecular flexibility index (Phi) is 10.6. The molecule has 0 atom stereocenters. The molecule has 0 fully saturated rings. The molecule has 286 valence electrons. The van der Waals surface area contributed by atoms with Crippen LogP contribution in [0.4, 0.5) is 45.5 Å². The fraction of sp³-hybridized carbons (Fsp3) is 0.269. The highest BCUT2D eigenvalue weighted by Crippen LogP contribution is 2.52. The number of hydrogen-bond donors (Lipinski definition) is 0. The Bertz CT molecular complexity index is 2330.